The highest BCUT2D eigenvalue weighted by Gasteiger charge is 2.10. The number of anilines is 1. The van der Waals surface area contributed by atoms with Crippen LogP contribution in [0, 0.1) is 6.92 Å². The topological polar surface area (TPSA) is 80.7 Å². The first-order chi connectivity index (χ1) is 10.1. The highest BCUT2D eigenvalue weighted by Crippen LogP contribution is 2.14. The third-order valence-corrected chi connectivity index (χ3v) is 3.62. The van der Waals surface area contributed by atoms with Crippen molar-refractivity contribution in [3.63, 3.8) is 0 Å². The van der Waals surface area contributed by atoms with Crippen LogP contribution in [0.5, 0.6) is 0 Å². The molecule has 0 aliphatic carbocycles. The number of rotatable bonds is 2. The minimum absolute atomic E-state index is 0.300. The Balaban J connectivity index is 1.87. The van der Waals surface area contributed by atoms with Crippen LogP contribution in [-0.2, 0) is 0 Å². The Labute approximate surface area is 128 Å². The van der Waals surface area contributed by atoms with Gasteiger partial charge >= 0.3 is 0 Å². The van der Waals surface area contributed by atoms with Crippen molar-refractivity contribution >= 4 is 38.7 Å². The number of halogens is 1. The predicted octanol–water partition coefficient (Wildman–Crippen LogP) is 2.74. The summed E-state index contributed by atoms with van der Waals surface area (Å²) in [6.07, 6.45) is 4.66. The number of aromatic nitrogens is 4. The molecule has 0 spiro atoms. The van der Waals surface area contributed by atoms with Gasteiger partial charge in [-0.15, -0.1) is 0 Å². The van der Waals surface area contributed by atoms with Crippen molar-refractivity contribution in [1.82, 2.24) is 19.9 Å². The molecule has 0 atom stereocenters. The highest BCUT2D eigenvalue weighted by atomic mass is 79.9. The number of amides is 1. The van der Waals surface area contributed by atoms with Crippen molar-refractivity contribution in [3.8, 4) is 0 Å². The van der Waals surface area contributed by atoms with Gasteiger partial charge in [0.2, 0.25) is 0 Å². The number of carbonyl (C=O) groups is 1. The lowest BCUT2D eigenvalue weighted by molar-refractivity contribution is 0.102. The normalized spacial score (nSPS) is 10.6. The van der Waals surface area contributed by atoms with E-state index in [0.717, 1.165) is 5.52 Å². The smallest absolute Gasteiger partial charge is 0.258 e. The summed E-state index contributed by atoms with van der Waals surface area (Å²) >= 11 is 3.26. The zero-order valence-electron chi connectivity index (χ0n) is 11.0. The van der Waals surface area contributed by atoms with E-state index in [9.17, 15) is 4.79 Å². The Hall–Kier alpha value is -2.41. The van der Waals surface area contributed by atoms with Gasteiger partial charge in [0, 0.05) is 12.4 Å². The van der Waals surface area contributed by atoms with Crippen LogP contribution < -0.4 is 5.32 Å². The Bertz CT molecular complexity index is 836. The number of hydrogen-bond donors (Lipinski definition) is 1. The van der Waals surface area contributed by atoms with E-state index in [2.05, 4.69) is 41.2 Å². The summed E-state index contributed by atoms with van der Waals surface area (Å²) in [6.45, 7) is 1.80. The molecule has 0 fully saturated rings. The monoisotopic (exact) mass is 343 g/mol. The standard InChI is InChI=1S/C14H10BrN5O/c1-8-13(15)18-7-12(19-8)20-14(21)9-5-11-10(17-6-9)3-2-4-16-11/h2-7H,1H3,(H,19,20,21). The zero-order valence-corrected chi connectivity index (χ0v) is 12.6. The van der Waals surface area contributed by atoms with Gasteiger partial charge in [-0.05, 0) is 41.1 Å². The summed E-state index contributed by atoms with van der Waals surface area (Å²) in [4.78, 5) is 28.9. The molecule has 0 radical (unpaired) electrons. The summed E-state index contributed by atoms with van der Waals surface area (Å²) in [7, 11) is 0. The number of carbonyl (C=O) groups excluding carboxylic acids is 1. The maximum absolute atomic E-state index is 12.2. The Morgan fingerprint density at radius 1 is 1.19 bits per heavy atom. The first-order valence-corrected chi connectivity index (χ1v) is 6.94. The van der Waals surface area contributed by atoms with Gasteiger partial charge in [0.1, 0.15) is 4.60 Å². The van der Waals surface area contributed by atoms with E-state index >= 15 is 0 Å². The van der Waals surface area contributed by atoms with Crippen molar-refractivity contribution in [2.45, 2.75) is 6.92 Å². The van der Waals surface area contributed by atoms with Crippen molar-refractivity contribution in [2.24, 2.45) is 0 Å². The average molecular weight is 344 g/mol. The van der Waals surface area contributed by atoms with Gasteiger partial charge in [0.05, 0.1) is 28.5 Å². The van der Waals surface area contributed by atoms with Crippen molar-refractivity contribution in [1.29, 1.82) is 0 Å². The zero-order chi connectivity index (χ0) is 14.8. The fourth-order valence-corrected chi connectivity index (χ4v) is 1.98. The third kappa shape index (κ3) is 2.87. The molecule has 3 rings (SSSR count). The van der Waals surface area contributed by atoms with Crippen LogP contribution >= 0.6 is 15.9 Å². The summed E-state index contributed by atoms with van der Waals surface area (Å²) in [6, 6.07) is 5.33. The van der Waals surface area contributed by atoms with Crippen LogP contribution in [0.4, 0.5) is 5.82 Å². The fourth-order valence-electron chi connectivity index (χ4n) is 1.79. The molecular formula is C14H10BrN5O. The maximum Gasteiger partial charge on any atom is 0.258 e. The van der Waals surface area contributed by atoms with Crippen molar-refractivity contribution in [3.05, 3.63) is 52.7 Å². The van der Waals surface area contributed by atoms with Crippen molar-refractivity contribution in [2.75, 3.05) is 5.32 Å². The minimum atomic E-state index is -0.300. The Kier molecular flexibility index (Phi) is 3.57. The fraction of sp³-hybridized carbons (Fsp3) is 0.0714. The van der Waals surface area contributed by atoms with Crippen LogP contribution in [0.3, 0.4) is 0 Å². The van der Waals surface area contributed by atoms with Crippen LogP contribution in [0.1, 0.15) is 16.1 Å². The molecule has 7 heteroatoms. The second-order valence-electron chi connectivity index (χ2n) is 4.35. The molecule has 0 saturated heterocycles. The van der Waals surface area contributed by atoms with Gasteiger partial charge < -0.3 is 5.32 Å². The van der Waals surface area contributed by atoms with E-state index < -0.39 is 0 Å². The van der Waals surface area contributed by atoms with E-state index in [-0.39, 0.29) is 5.91 Å². The quantitative estimate of drug-likeness (QED) is 0.773. The van der Waals surface area contributed by atoms with E-state index in [1.54, 1.807) is 25.3 Å². The van der Waals surface area contributed by atoms with Crippen LogP contribution in [0.2, 0.25) is 0 Å². The van der Waals surface area contributed by atoms with E-state index in [4.69, 9.17) is 0 Å². The summed E-state index contributed by atoms with van der Waals surface area (Å²) in [5.41, 5.74) is 2.53. The maximum atomic E-state index is 12.2. The molecule has 21 heavy (non-hydrogen) atoms. The molecule has 1 amide bonds. The Morgan fingerprint density at radius 3 is 2.86 bits per heavy atom. The first kappa shape index (κ1) is 13.6. The molecule has 0 bridgehead atoms. The Morgan fingerprint density at radius 2 is 2.05 bits per heavy atom. The molecule has 6 nitrogen and oxygen atoms in total. The molecule has 3 aromatic heterocycles. The lowest BCUT2D eigenvalue weighted by Gasteiger charge is -2.06. The minimum Gasteiger partial charge on any atom is -0.305 e. The van der Waals surface area contributed by atoms with Gasteiger partial charge in [0.25, 0.3) is 5.91 Å². The molecule has 0 aliphatic rings. The molecule has 0 saturated carbocycles. The average Bonchev–Trinajstić information content (AvgIpc) is 2.50. The van der Waals surface area contributed by atoms with E-state index in [1.807, 2.05) is 6.07 Å². The van der Waals surface area contributed by atoms with Gasteiger partial charge in [-0.1, -0.05) is 0 Å². The number of fused-ring (bicyclic) bond motifs is 1. The van der Waals surface area contributed by atoms with Crippen molar-refractivity contribution < 1.29 is 4.79 Å². The van der Waals surface area contributed by atoms with Crippen LogP contribution in [0.25, 0.3) is 11.0 Å². The lowest BCUT2D eigenvalue weighted by Crippen LogP contribution is -2.14. The molecule has 0 aliphatic heterocycles. The van der Waals surface area contributed by atoms with E-state index in [0.29, 0.717) is 27.2 Å². The van der Waals surface area contributed by atoms with Gasteiger partial charge in [0.15, 0.2) is 5.82 Å². The first-order valence-electron chi connectivity index (χ1n) is 6.15. The SMILES string of the molecule is Cc1nc(NC(=O)c2cnc3cccnc3c2)cnc1Br. The van der Waals surface area contributed by atoms with Gasteiger partial charge in [-0.25, -0.2) is 9.97 Å². The molecule has 3 aromatic rings. The van der Waals surface area contributed by atoms with Crippen LogP contribution in [-0.4, -0.2) is 25.8 Å². The van der Waals surface area contributed by atoms with Gasteiger partial charge in [-0.2, -0.15) is 0 Å². The second-order valence-corrected chi connectivity index (χ2v) is 5.10. The number of hydrogen-bond acceptors (Lipinski definition) is 5. The number of nitrogens with one attached hydrogen (secondary N) is 1. The lowest BCUT2D eigenvalue weighted by atomic mass is 10.2. The molecule has 3 heterocycles. The van der Waals surface area contributed by atoms with Crippen LogP contribution in [0.15, 0.2) is 41.4 Å². The number of nitrogens with zero attached hydrogens (tertiary/aromatic N) is 4. The molecule has 0 unspecified atom stereocenters. The number of aryl methyl sites for hydroxylation is 1. The number of pyridine rings is 2. The summed E-state index contributed by atoms with van der Waals surface area (Å²) in [5.74, 6) is 0.0906. The third-order valence-electron chi connectivity index (χ3n) is 2.84. The second kappa shape index (κ2) is 5.53. The summed E-state index contributed by atoms with van der Waals surface area (Å²) in [5, 5.41) is 2.69. The van der Waals surface area contributed by atoms with Gasteiger partial charge in [-0.3, -0.25) is 14.8 Å². The molecule has 104 valence electrons. The molecule has 0 aromatic carbocycles. The molecular weight excluding hydrogens is 334 g/mol. The highest BCUT2D eigenvalue weighted by molar-refractivity contribution is 9.10. The summed E-state index contributed by atoms with van der Waals surface area (Å²) < 4.78 is 0.650. The largest absolute Gasteiger partial charge is 0.305 e. The predicted molar refractivity (Wildman–Crippen MR) is 82.0 cm³/mol. The molecule has 1 N–H and O–H groups in total. The van der Waals surface area contributed by atoms with E-state index in [1.165, 1.54) is 12.4 Å².